The summed E-state index contributed by atoms with van der Waals surface area (Å²) in [6.45, 7) is 5.16. The molecule has 1 aromatic carbocycles. The zero-order valence-corrected chi connectivity index (χ0v) is 19.0. The molecular formula is C18H22BrClN6O2S. The van der Waals surface area contributed by atoms with Crippen LogP contribution in [0.25, 0.3) is 10.2 Å². The number of thiazole rings is 1. The molecule has 0 aliphatic carbocycles. The highest BCUT2D eigenvalue weighted by molar-refractivity contribution is 9.10. The molecule has 1 aliphatic heterocycles. The molecule has 11 heteroatoms. The lowest BCUT2D eigenvalue weighted by molar-refractivity contribution is -0.119. The Kier molecular flexibility index (Phi) is 7.96. The van der Waals surface area contributed by atoms with E-state index in [2.05, 4.69) is 30.9 Å². The summed E-state index contributed by atoms with van der Waals surface area (Å²) in [6, 6.07) is 5.96. The van der Waals surface area contributed by atoms with Gasteiger partial charge in [0.1, 0.15) is 19.2 Å². The van der Waals surface area contributed by atoms with Crippen LogP contribution < -0.4 is 4.90 Å². The van der Waals surface area contributed by atoms with E-state index in [0.717, 1.165) is 59.1 Å². The molecule has 3 heterocycles. The van der Waals surface area contributed by atoms with Gasteiger partial charge in [-0.15, -0.1) is 12.4 Å². The van der Waals surface area contributed by atoms with Crippen molar-refractivity contribution in [2.45, 2.75) is 13.0 Å². The fourth-order valence-corrected chi connectivity index (χ4v) is 4.71. The average Bonchev–Trinajstić information content (AvgIpc) is 3.35. The number of ether oxygens (including phenoxy) is 1. The summed E-state index contributed by atoms with van der Waals surface area (Å²) in [5.74, 6) is -0.0365. The highest BCUT2D eigenvalue weighted by atomic mass is 79.9. The molecule has 0 bridgehead atoms. The molecule has 1 amide bonds. The number of aromatic nitrogens is 4. The van der Waals surface area contributed by atoms with Gasteiger partial charge in [0.2, 0.25) is 0 Å². The highest BCUT2D eigenvalue weighted by Crippen LogP contribution is 2.31. The van der Waals surface area contributed by atoms with Crippen LogP contribution in [-0.2, 0) is 16.1 Å². The van der Waals surface area contributed by atoms with Crippen molar-refractivity contribution in [3.63, 3.8) is 0 Å². The summed E-state index contributed by atoms with van der Waals surface area (Å²) in [4.78, 5) is 25.8. The smallest absolute Gasteiger partial charge is 0.250 e. The second kappa shape index (κ2) is 10.4. The number of hydrogen-bond acceptors (Lipinski definition) is 7. The van der Waals surface area contributed by atoms with Gasteiger partial charge in [-0.05, 0) is 24.6 Å². The summed E-state index contributed by atoms with van der Waals surface area (Å²) < 4.78 is 9.00. The summed E-state index contributed by atoms with van der Waals surface area (Å²) in [6.07, 6.45) is 3.87. The van der Waals surface area contributed by atoms with Crippen molar-refractivity contribution in [2.24, 2.45) is 0 Å². The van der Waals surface area contributed by atoms with Crippen molar-refractivity contribution in [1.29, 1.82) is 0 Å². The van der Waals surface area contributed by atoms with Gasteiger partial charge in [-0.25, -0.2) is 14.6 Å². The first kappa shape index (κ1) is 22.1. The van der Waals surface area contributed by atoms with Gasteiger partial charge in [-0.2, -0.15) is 5.10 Å². The van der Waals surface area contributed by atoms with Gasteiger partial charge in [0, 0.05) is 30.7 Å². The maximum atomic E-state index is 13.0. The number of anilines is 1. The molecule has 1 aliphatic rings. The molecule has 156 valence electrons. The van der Waals surface area contributed by atoms with Crippen LogP contribution in [0.5, 0.6) is 0 Å². The number of carbonyl (C=O) groups excluding carboxylic acids is 1. The van der Waals surface area contributed by atoms with Crippen molar-refractivity contribution in [3.8, 4) is 0 Å². The number of hydrogen-bond donors (Lipinski definition) is 0. The summed E-state index contributed by atoms with van der Waals surface area (Å²) >= 11 is 5.03. The first-order chi connectivity index (χ1) is 13.7. The number of nitrogens with zero attached hydrogens (tertiary/aromatic N) is 6. The van der Waals surface area contributed by atoms with E-state index in [-0.39, 0.29) is 24.9 Å². The third-order valence-corrected chi connectivity index (χ3v) is 6.13. The molecule has 4 rings (SSSR count). The second-order valence-electron chi connectivity index (χ2n) is 6.55. The SMILES string of the molecule is Cl.O=C(Cn1cncn1)N(CCCN1CCOCC1)c1nc2ccc(Br)cc2s1. The largest absolute Gasteiger partial charge is 0.379 e. The summed E-state index contributed by atoms with van der Waals surface area (Å²) in [5.41, 5.74) is 0.898. The minimum absolute atomic E-state index is 0. The molecule has 0 N–H and O–H groups in total. The van der Waals surface area contributed by atoms with Gasteiger partial charge >= 0.3 is 0 Å². The summed E-state index contributed by atoms with van der Waals surface area (Å²) in [7, 11) is 0. The van der Waals surface area contributed by atoms with Gasteiger partial charge in [0.05, 0.1) is 23.4 Å². The van der Waals surface area contributed by atoms with Crippen LogP contribution in [0.2, 0.25) is 0 Å². The van der Waals surface area contributed by atoms with Crippen LogP contribution >= 0.6 is 39.7 Å². The number of morpholine rings is 1. The fraction of sp³-hybridized carbons (Fsp3) is 0.444. The maximum absolute atomic E-state index is 13.0. The molecule has 29 heavy (non-hydrogen) atoms. The Morgan fingerprint density at radius 3 is 2.90 bits per heavy atom. The Hall–Kier alpha value is -1.59. The van der Waals surface area contributed by atoms with Gasteiger partial charge in [0.15, 0.2) is 5.13 Å². The van der Waals surface area contributed by atoms with E-state index in [1.165, 1.54) is 17.7 Å². The topological polar surface area (TPSA) is 76.4 Å². The summed E-state index contributed by atoms with van der Waals surface area (Å²) in [5, 5.41) is 4.78. The van der Waals surface area contributed by atoms with Gasteiger partial charge in [0.25, 0.3) is 5.91 Å². The van der Waals surface area contributed by atoms with Crippen molar-refractivity contribution in [3.05, 3.63) is 35.3 Å². The van der Waals surface area contributed by atoms with Gasteiger partial charge < -0.3 is 4.74 Å². The monoisotopic (exact) mass is 500 g/mol. The van der Waals surface area contributed by atoms with E-state index in [1.807, 2.05) is 18.2 Å². The number of rotatable bonds is 7. The second-order valence-corrected chi connectivity index (χ2v) is 8.48. The van der Waals surface area contributed by atoms with E-state index < -0.39 is 0 Å². The third kappa shape index (κ3) is 5.73. The minimum atomic E-state index is -0.0365. The van der Waals surface area contributed by atoms with E-state index in [0.29, 0.717) is 6.54 Å². The Morgan fingerprint density at radius 1 is 1.31 bits per heavy atom. The van der Waals surface area contributed by atoms with Crippen LogP contribution in [0.4, 0.5) is 5.13 Å². The molecule has 1 saturated heterocycles. The van der Waals surface area contributed by atoms with Crippen molar-refractivity contribution in [2.75, 3.05) is 44.3 Å². The number of halogens is 2. The number of amides is 1. The molecule has 0 unspecified atom stereocenters. The lowest BCUT2D eigenvalue weighted by Gasteiger charge is -2.27. The third-order valence-electron chi connectivity index (χ3n) is 4.59. The van der Waals surface area contributed by atoms with Gasteiger partial charge in [-0.3, -0.25) is 14.6 Å². The Labute approximate surface area is 187 Å². The Bertz CT molecular complexity index is 932. The molecule has 8 nitrogen and oxygen atoms in total. The standard InChI is InChI=1S/C18H21BrN6O2S.ClH/c19-14-2-3-15-16(10-14)28-18(22-15)25(17(26)11-24-13-20-12-21-24)5-1-4-23-6-8-27-9-7-23;/h2-3,10,12-13H,1,4-9,11H2;1H. The first-order valence-electron chi connectivity index (χ1n) is 9.18. The number of benzene rings is 1. The predicted molar refractivity (Wildman–Crippen MR) is 119 cm³/mol. The van der Waals surface area contributed by atoms with Gasteiger partial charge in [-0.1, -0.05) is 27.3 Å². The lowest BCUT2D eigenvalue weighted by Crippen LogP contribution is -2.40. The van der Waals surface area contributed by atoms with Crippen LogP contribution in [-0.4, -0.2) is 69.9 Å². The molecular weight excluding hydrogens is 480 g/mol. The van der Waals surface area contributed by atoms with Crippen LogP contribution in [0.1, 0.15) is 6.42 Å². The molecule has 3 aromatic rings. The van der Waals surface area contributed by atoms with Crippen molar-refractivity contribution < 1.29 is 9.53 Å². The Balaban J connectivity index is 0.00000240. The zero-order chi connectivity index (χ0) is 19.3. The molecule has 0 atom stereocenters. The predicted octanol–water partition coefficient (Wildman–Crippen LogP) is 2.83. The van der Waals surface area contributed by atoms with Crippen LogP contribution in [0, 0.1) is 0 Å². The number of fused-ring (bicyclic) bond motifs is 1. The van der Waals surface area contributed by atoms with Crippen molar-refractivity contribution in [1.82, 2.24) is 24.6 Å². The molecule has 1 fully saturated rings. The fourth-order valence-electron chi connectivity index (χ4n) is 3.14. The van der Waals surface area contributed by atoms with E-state index in [1.54, 1.807) is 15.9 Å². The van der Waals surface area contributed by atoms with E-state index >= 15 is 0 Å². The first-order valence-corrected chi connectivity index (χ1v) is 10.8. The quantitative estimate of drug-likeness (QED) is 0.495. The molecule has 0 saturated carbocycles. The van der Waals surface area contributed by atoms with Crippen molar-refractivity contribution >= 4 is 60.9 Å². The number of carbonyl (C=O) groups is 1. The zero-order valence-electron chi connectivity index (χ0n) is 15.7. The molecule has 0 spiro atoms. The Morgan fingerprint density at radius 2 is 2.14 bits per heavy atom. The average molecular weight is 502 g/mol. The van der Waals surface area contributed by atoms with Crippen LogP contribution in [0.3, 0.4) is 0 Å². The normalized spacial score (nSPS) is 14.7. The minimum Gasteiger partial charge on any atom is -0.379 e. The van der Waals surface area contributed by atoms with E-state index in [4.69, 9.17) is 9.72 Å². The maximum Gasteiger partial charge on any atom is 0.250 e. The molecule has 2 aromatic heterocycles. The highest BCUT2D eigenvalue weighted by Gasteiger charge is 2.21. The van der Waals surface area contributed by atoms with E-state index in [9.17, 15) is 4.79 Å². The van der Waals surface area contributed by atoms with Crippen LogP contribution in [0.15, 0.2) is 35.3 Å². The lowest BCUT2D eigenvalue weighted by atomic mass is 10.3. The molecule has 0 radical (unpaired) electrons.